The summed E-state index contributed by atoms with van der Waals surface area (Å²) in [6.07, 6.45) is 4.65. The van der Waals surface area contributed by atoms with Crippen LogP contribution in [0.3, 0.4) is 0 Å². The summed E-state index contributed by atoms with van der Waals surface area (Å²) in [5.74, 6) is 0.458. The van der Waals surface area contributed by atoms with E-state index in [2.05, 4.69) is 27.1 Å². The van der Waals surface area contributed by atoms with E-state index in [0.29, 0.717) is 18.0 Å². The highest BCUT2D eigenvalue weighted by molar-refractivity contribution is 9.10. The first kappa shape index (κ1) is 12.8. The lowest BCUT2D eigenvalue weighted by Crippen LogP contribution is -2.22. The fourth-order valence-corrected chi connectivity index (χ4v) is 3.17. The smallest absolute Gasteiger partial charge is 0.276 e. The number of H-pyrrole nitrogens is 1. The molecule has 0 aliphatic heterocycles. The van der Waals surface area contributed by atoms with E-state index < -0.39 is 0 Å². The highest BCUT2D eigenvalue weighted by Crippen LogP contribution is 2.40. The van der Waals surface area contributed by atoms with Crippen LogP contribution < -0.4 is 5.56 Å². The maximum absolute atomic E-state index is 12.7. The molecule has 4 nitrogen and oxygen atoms in total. The van der Waals surface area contributed by atoms with Crippen molar-refractivity contribution in [2.45, 2.75) is 25.2 Å². The van der Waals surface area contributed by atoms with Gasteiger partial charge in [0.25, 0.3) is 5.56 Å². The third kappa shape index (κ3) is 2.31. The second kappa shape index (κ2) is 4.84. The minimum Gasteiger partial charge on any atom is -0.297 e. The zero-order chi connectivity index (χ0) is 14.4. The van der Waals surface area contributed by atoms with Crippen LogP contribution in [-0.4, -0.2) is 14.6 Å². The quantitative estimate of drug-likeness (QED) is 0.793. The van der Waals surface area contributed by atoms with Crippen LogP contribution in [0, 0.1) is 0 Å². The number of nitrogens with zero attached hydrogens (tertiary/aromatic N) is 2. The van der Waals surface area contributed by atoms with Gasteiger partial charge in [-0.05, 0) is 30.5 Å². The Labute approximate surface area is 129 Å². The summed E-state index contributed by atoms with van der Waals surface area (Å²) in [5.41, 5.74) is 3.65. The minimum absolute atomic E-state index is 0.0203. The minimum atomic E-state index is 0.0203. The molecule has 0 spiro atoms. The summed E-state index contributed by atoms with van der Waals surface area (Å²) in [5, 5.41) is 2.94. The Morgan fingerprint density at radius 1 is 1.33 bits per heavy atom. The normalized spacial score (nSPS) is 14.7. The van der Waals surface area contributed by atoms with E-state index in [1.165, 1.54) is 4.52 Å². The molecule has 0 bridgehead atoms. The number of hydrogen-bond donors (Lipinski definition) is 1. The number of benzene rings is 1. The molecule has 0 radical (unpaired) electrons. The van der Waals surface area contributed by atoms with Gasteiger partial charge in [-0.2, -0.15) is 0 Å². The molecule has 0 saturated heterocycles. The molecule has 3 aromatic rings. The van der Waals surface area contributed by atoms with Gasteiger partial charge in [0.05, 0.1) is 5.69 Å². The average molecular weight is 344 g/mol. The SMILES string of the molecule is O=c1c(Cc2cccc(Br)c2)c(C2CC2)nc2cc[nH]n12. The molecule has 0 amide bonds. The number of hydrogen-bond acceptors (Lipinski definition) is 2. The first-order chi connectivity index (χ1) is 10.2. The van der Waals surface area contributed by atoms with Crippen molar-refractivity contribution in [2.75, 3.05) is 0 Å². The van der Waals surface area contributed by atoms with Crippen LogP contribution in [0.5, 0.6) is 0 Å². The Morgan fingerprint density at radius 3 is 2.95 bits per heavy atom. The van der Waals surface area contributed by atoms with E-state index in [1.54, 1.807) is 6.20 Å². The summed E-state index contributed by atoms with van der Waals surface area (Å²) in [6.45, 7) is 0. The van der Waals surface area contributed by atoms with Gasteiger partial charge in [0, 0.05) is 34.6 Å². The number of fused-ring (bicyclic) bond motifs is 1. The van der Waals surface area contributed by atoms with Gasteiger partial charge in [0.1, 0.15) is 0 Å². The molecule has 2 aromatic heterocycles. The molecule has 5 heteroatoms. The molecule has 1 aliphatic carbocycles. The Hall–Kier alpha value is -1.88. The lowest BCUT2D eigenvalue weighted by Gasteiger charge is -2.08. The van der Waals surface area contributed by atoms with Gasteiger partial charge in [-0.1, -0.05) is 28.1 Å². The molecule has 1 fully saturated rings. The monoisotopic (exact) mass is 343 g/mol. The van der Waals surface area contributed by atoms with Gasteiger partial charge < -0.3 is 0 Å². The van der Waals surface area contributed by atoms with Gasteiger partial charge in [0.2, 0.25) is 0 Å². The largest absolute Gasteiger partial charge is 0.297 e. The number of rotatable bonds is 3. The van der Waals surface area contributed by atoms with Crippen LogP contribution >= 0.6 is 15.9 Å². The molecule has 0 unspecified atom stereocenters. The van der Waals surface area contributed by atoms with Gasteiger partial charge in [-0.15, -0.1) is 0 Å². The predicted octanol–water partition coefficient (Wildman–Crippen LogP) is 3.25. The third-order valence-electron chi connectivity index (χ3n) is 3.90. The lowest BCUT2D eigenvalue weighted by atomic mass is 10.0. The summed E-state index contributed by atoms with van der Waals surface area (Å²) in [4.78, 5) is 17.4. The van der Waals surface area contributed by atoms with Crippen molar-refractivity contribution in [3.63, 3.8) is 0 Å². The van der Waals surface area contributed by atoms with Crippen LogP contribution in [0.4, 0.5) is 0 Å². The molecule has 2 heterocycles. The van der Waals surface area contributed by atoms with Gasteiger partial charge in [-0.25, -0.2) is 9.50 Å². The molecule has 1 aromatic carbocycles. The van der Waals surface area contributed by atoms with Crippen LogP contribution in [-0.2, 0) is 6.42 Å². The highest BCUT2D eigenvalue weighted by Gasteiger charge is 2.29. The van der Waals surface area contributed by atoms with Crippen LogP contribution in [0.25, 0.3) is 5.65 Å². The van der Waals surface area contributed by atoms with Crippen LogP contribution in [0.15, 0.2) is 45.8 Å². The Balaban J connectivity index is 1.88. The van der Waals surface area contributed by atoms with Gasteiger partial charge in [-0.3, -0.25) is 9.89 Å². The first-order valence-electron chi connectivity index (χ1n) is 7.06. The van der Waals surface area contributed by atoms with Crippen LogP contribution in [0.1, 0.15) is 35.6 Å². The highest BCUT2D eigenvalue weighted by atomic mass is 79.9. The van der Waals surface area contributed by atoms with Gasteiger partial charge in [0.15, 0.2) is 5.65 Å². The van der Waals surface area contributed by atoms with Crippen molar-refractivity contribution in [2.24, 2.45) is 0 Å². The van der Waals surface area contributed by atoms with E-state index in [0.717, 1.165) is 34.1 Å². The van der Waals surface area contributed by atoms with E-state index in [1.807, 2.05) is 24.3 Å². The number of aromatic amines is 1. The molecule has 21 heavy (non-hydrogen) atoms. The molecule has 1 N–H and O–H groups in total. The van der Waals surface area contributed by atoms with Crippen molar-refractivity contribution in [1.29, 1.82) is 0 Å². The van der Waals surface area contributed by atoms with Crippen molar-refractivity contribution in [3.8, 4) is 0 Å². The zero-order valence-corrected chi connectivity index (χ0v) is 12.9. The average Bonchev–Trinajstić information content (AvgIpc) is 3.20. The maximum Gasteiger partial charge on any atom is 0.276 e. The van der Waals surface area contributed by atoms with E-state index in [9.17, 15) is 4.79 Å². The van der Waals surface area contributed by atoms with E-state index >= 15 is 0 Å². The maximum atomic E-state index is 12.7. The fraction of sp³-hybridized carbons (Fsp3) is 0.250. The fourth-order valence-electron chi connectivity index (χ4n) is 2.72. The molecule has 0 atom stereocenters. The van der Waals surface area contributed by atoms with Crippen LogP contribution in [0.2, 0.25) is 0 Å². The zero-order valence-electron chi connectivity index (χ0n) is 11.3. The molecule has 1 aliphatic rings. The summed E-state index contributed by atoms with van der Waals surface area (Å²) < 4.78 is 2.56. The van der Waals surface area contributed by atoms with Crippen molar-refractivity contribution in [3.05, 3.63) is 68.2 Å². The lowest BCUT2D eigenvalue weighted by molar-refractivity contribution is 0.838. The second-order valence-corrected chi connectivity index (χ2v) is 6.43. The second-order valence-electron chi connectivity index (χ2n) is 5.52. The van der Waals surface area contributed by atoms with E-state index in [4.69, 9.17) is 4.98 Å². The van der Waals surface area contributed by atoms with E-state index in [-0.39, 0.29) is 5.56 Å². The summed E-state index contributed by atoms with van der Waals surface area (Å²) in [7, 11) is 0. The third-order valence-corrected chi connectivity index (χ3v) is 4.40. The number of nitrogens with one attached hydrogen (secondary N) is 1. The topological polar surface area (TPSA) is 50.2 Å². The number of halogens is 1. The molecule has 1 saturated carbocycles. The standard InChI is InChI=1S/C16H14BrN3O/c17-12-3-1-2-10(8-12)9-13-15(11-4-5-11)19-14-6-7-18-20(14)16(13)21/h1-3,6-8,11,18H,4-5,9H2. The molecular formula is C16H14BrN3O. The Morgan fingerprint density at radius 2 is 2.19 bits per heavy atom. The predicted molar refractivity (Wildman–Crippen MR) is 84.7 cm³/mol. The Bertz CT molecular complexity index is 877. The van der Waals surface area contributed by atoms with Crippen molar-refractivity contribution in [1.82, 2.24) is 14.6 Å². The summed E-state index contributed by atoms with van der Waals surface area (Å²) in [6, 6.07) is 9.93. The van der Waals surface area contributed by atoms with Gasteiger partial charge >= 0.3 is 0 Å². The van der Waals surface area contributed by atoms with Crippen molar-refractivity contribution >= 4 is 21.6 Å². The Kier molecular flexibility index (Phi) is 2.96. The van der Waals surface area contributed by atoms with Crippen molar-refractivity contribution < 1.29 is 0 Å². The molecule has 4 rings (SSSR count). The molecular weight excluding hydrogens is 330 g/mol. The summed E-state index contributed by atoms with van der Waals surface area (Å²) >= 11 is 3.48. The first-order valence-corrected chi connectivity index (χ1v) is 7.85. The number of aromatic nitrogens is 3. The molecule has 106 valence electrons.